The van der Waals surface area contributed by atoms with Crippen molar-refractivity contribution in [2.45, 2.75) is 26.9 Å². The summed E-state index contributed by atoms with van der Waals surface area (Å²) in [5, 5.41) is 12.1. The first-order valence-corrected chi connectivity index (χ1v) is 9.34. The number of amides is 1. The maximum atomic E-state index is 12.4. The van der Waals surface area contributed by atoms with Crippen LogP contribution in [-0.2, 0) is 4.79 Å². The van der Waals surface area contributed by atoms with Gasteiger partial charge in [0, 0.05) is 10.2 Å². The van der Waals surface area contributed by atoms with Crippen molar-refractivity contribution in [2.24, 2.45) is 0 Å². The van der Waals surface area contributed by atoms with E-state index in [4.69, 9.17) is 9.47 Å². The van der Waals surface area contributed by atoms with Crippen LogP contribution >= 0.6 is 15.9 Å². The smallest absolute Gasteiger partial charge is 0.266 e. The number of nitrogens with one attached hydrogen (secondary N) is 1. The molecule has 0 aliphatic carbocycles. The first-order chi connectivity index (χ1) is 12.9. The zero-order valence-corrected chi connectivity index (χ0v) is 17.0. The van der Waals surface area contributed by atoms with Crippen LogP contribution in [0.1, 0.15) is 26.3 Å². The molecule has 0 heterocycles. The summed E-state index contributed by atoms with van der Waals surface area (Å²) in [5.74, 6) is 0.729. The van der Waals surface area contributed by atoms with Crippen molar-refractivity contribution in [1.29, 1.82) is 5.26 Å². The Hall–Kier alpha value is -2.78. The number of hydrogen-bond acceptors (Lipinski definition) is 4. The van der Waals surface area contributed by atoms with Crippen molar-refractivity contribution in [1.82, 2.24) is 0 Å². The summed E-state index contributed by atoms with van der Waals surface area (Å²) < 4.78 is 12.3. The molecule has 0 unspecified atom stereocenters. The van der Waals surface area contributed by atoms with Crippen LogP contribution in [0.4, 0.5) is 5.69 Å². The number of nitriles is 1. The summed E-state index contributed by atoms with van der Waals surface area (Å²) >= 11 is 3.34. The Morgan fingerprint density at radius 2 is 1.93 bits per heavy atom. The maximum absolute atomic E-state index is 12.4. The predicted molar refractivity (Wildman–Crippen MR) is 110 cm³/mol. The minimum absolute atomic E-state index is 0.00195. The Balaban J connectivity index is 2.25. The van der Waals surface area contributed by atoms with Gasteiger partial charge in [0.2, 0.25) is 0 Å². The summed E-state index contributed by atoms with van der Waals surface area (Å²) in [4.78, 5) is 12.4. The largest absolute Gasteiger partial charge is 0.490 e. The van der Waals surface area contributed by atoms with Crippen LogP contribution in [0.5, 0.6) is 11.5 Å². The van der Waals surface area contributed by atoms with Crippen LogP contribution in [0.15, 0.2) is 52.5 Å². The van der Waals surface area contributed by atoms with E-state index in [-0.39, 0.29) is 11.7 Å². The van der Waals surface area contributed by atoms with E-state index in [0.29, 0.717) is 29.4 Å². The Kier molecular flexibility index (Phi) is 7.44. The summed E-state index contributed by atoms with van der Waals surface area (Å²) in [7, 11) is 0. The van der Waals surface area contributed by atoms with E-state index >= 15 is 0 Å². The van der Waals surface area contributed by atoms with Gasteiger partial charge in [-0.3, -0.25) is 4.79 Å². The Morgan fingerprint density at radius 1 is 1.22 bits per heavy atom. The normalized spacial score (nSPS) is 11.0. The van der Waals surface area contributed by atoms with E-state index in [1.54, 1.807) is 30.3 Å². The summed E-state index contributed by atoms with van der Waals surface area (Å²) in [6.07, 6.45) is 1.53. The molecule has 0 saturated heterocycles. The van der Waals surface area contributed by atoms with Gasteiger partial charge in [-0.2, -0.15) is 5.26 Å². The SMILES string of the molecule is CCOc1cc(/C=C(\C#N)C(=O)Nc2ccc(Br)cc2)ccc1OC(C)C. The number of ether oxygens (including phenoxy) is 2. The standard InChI is InChI=1S/C21H21BrN2O3/c1-4-26-20-12-15(5-10-19(20)27-14(2)3)11-16(13-23)21(25)24-18-8-6-17(22)7-9-18/h5-12,14H,4H2,1-3H3,(H,24,25)/b16-11+. The van der Waals surface area contributed by atoms with E-state index in [9.17, 15) is 10.1 Å². The molecule has 2 aromatic rings. The zero-order valence-electron chi connectivity index (χ0n) is 15.5. The number of rotatable bonds is 7. The molecule has 0 aromatic heterocycles. The van der Waals surface area contributed by atoms with Gasteiger partial charge in [0.05, 0.1) is 12.7 Å². The number of halogens is 1. The van der Waals surface area contributed by atoms with Crippen LogP contribution in [-0.4, -0.2) is 18.6 Å². The fraction of sp³-hybridized carbons (Fsp3) is 0.238. The number of carbonyl (C=O) groups is 1. The number of anilines is 1. The molecule has 0 radical (unpaired) electrons. The molecule has 6 heteroatoms. The lowest BCUT2D eigenvalue weighted by Crippen LogP contribution is -2.13. The third-order valence-corrected chi connectivity index (χ3v) is 3.94. The second-order valence-electron chi connectivity index (χ2n) is 5.94. The fourth-order valence-electron chi connectivity index (χ4n) is 2.28. The van der Waals surface area contributed by atoms with Crippen LogP contribution in [0.2, 0.25) is 0 Å². The van der Waals surface area contributed by atoms with Crippen LogP contribution < -0.4 is 14.8 Å². The lowest BCUT2D eigenvalue weighted by atomic mass is 10.1. The third-order valence-electron chi connectivity index (χ3n) is 3.41. The third kappa shape index (κ3) is 6.15. The van der Waals surface area contributed by atoms with Crippen molar-refractivity contribution >= 4 is 33.6 Å². The van der Waals surface area contributed by atoms with E-state index in [2.05, 4.69) is 21.2 Å². The number of carbonyl (C=O) groups excluding carboxylic acids is 1. The Morgan fingerprint density at radius 3 is 2.52 bits per heavy atom. The van der Waals surface area contributed by atoms with Crippen molar-refractivity contribution in [3.8, 4) is 17.6 Å². The molecule has 1 amide bonds. The van der Waals surface area contributed by atoms with Crippen LogP contribution in [0.25, 0.3) is 6.08 Å². The van der Waals surface area contributed by atoms with Crippen LogP contribution in [0, 0.1) is 11.3 Å². The van der Waals surface area contributed by atoms with Crippen molar-refractivity contribution in [2.75, 3.05) is 11.9 Å². The van der Waals surface area contributed by atoms with Gasteiger partial charge in [-0.05, 0) is 68.8 Å². The molecular formula is C21H21BrN2O3. The molecule has 0 bridgehead atoms. The topological polar surface area (TPSA) is 71.3 Å². The van der Waals surface area contributed by atoms with Gasteiger partial charge in [-0.25, -0.2) is 0 Å². The molecule has 1 N–H and O–H groups in total. The van der Waals surface area contributed by atoms with Crippen molar-refractivity contribution in [3.05, 3.63) is 58.1 Å². The van der Waals surface area contributed by atoms with Crippen LogP contribution in [0.3, 0.4) is 0 Å². The van der Waals surface area contributed by atoms with E-state index in [0.717, 1.165) is 4.47 Å². The lowest BCUT2D eigenvalue weighted by molar-refractivity contribution is -0.112. The van der Waals surface area contributed by atoms with Gasteiger partial charge in [0.1, 0.15) is 11.6 Å². The fourth-order valence-corrected chi connectivity index (χ4v) is 2.55. The second-order valence-corrected chi connectivity index (χ2v) is 6.85. The molecule has 27 heavy (non-hydrogen) atoms. The molecule has 0 atom stereocenters. The second kappa shape index (κ2) is 9.79. The lowest BCUT2D eigenvalue weighted by Gasteiger charge is -2.15. The number of benzene rings is 2. The quantitative estimate of drug-likeness (QED) is 0.486. The Bertz CT molecular complexity index is 868. The van der Waals surface area contributed by atoms with E-state index < -0.39 is 5.91 Å². The highest BCUT2D eigenvalue weighted by molar-refractivity contribution is 9.10. The number of nitrogens with zero attached hydrogens (tertiary/aromatic N) is 1. The summed E-state index contributed by atoms with van der Waals surface area (Å²) in [5.41, 5.74) is 1.29. The van der Waals surface area contributed by atoms with Gasteiger partial charge < -0.3 is 14.8 Å². The van der Waals surface area contributed by atoms with Gasteiger partial charge in [0.15, 0.2) is 11.5 Å². The highest BCUT2D eigenvalue weighted by Crippen LogP contribution is 2.30. The van der Waals surface area contributed by atoms with Gasteiger partial charge in [-0.1, -0.05) is 22.0 Å². The molecule has 2 aromatic carbocycles. The highest BCUT2D eigenvalue weighted by atomic mass is 79.9. The molecular weight excluding hydrogens is 408 g/mol. The van der Waals surface area contributed by atoms with Gasteiger partial charge >= 0.3 is 0 Å². The average molecular weight is 429 g/mol. The highest BCUT2D eigenvalue weighted by Gasteiger charge is 2.12. The van der Waals surface area contributed by atoms with Crippen molar-refractivity contribution in [3.63, 3.8) is 0 Å². The van der Waals surface area contributed by atoms with E-state index in [1.807, 2.05) is 39.0 Å². The molecule has 5 nitrogen and oxygen atoms in total. The predicted octanol–water partition coefficient (Wildman–Crippen LogP) is 5.18. The molecule has 0 aliphatic heterocycles. The average Bonchev–Trinajstić information content (AvgIpc) is 2.63. The minimum Gasteiger partial charge on any atom is -0.490 e. The minimum atomic E-state index is -0.472. The first-order valence-electron chi connectivity index (χ1n) is 8.55. The zero-order chi connectivity index (χ0) is 19.8. The van der Waals surface area contributed by atoms with Crippen molar-refractivity contribution < 1.29 is 14.3 Å². The molecule has 0 saturated carbocycles. The molecule has 140 valence electrons. The van der Waals surface area contributed by atoms with E-state index in [1.165, 1.54) is 6.08 Å². The van der Waals surface area contributed by atoms with Gasteiger partial charge in [-0.15, -0.1) is 0 Å². The molecule has 2 rings (SSSR count). The number of hydrogen-bond donors (Lipinski definition) is 1. The first kappa shape index (κ1) is 20.5. The summed E-state index contributed by atoms with van der Waals surface area (Å²) in [6, 6.07) is 14.4. The monoisotopic (exact) mass is 428 g/mol. The molecule has 0 aliphatic rings. The summed E-state index contributed by atoms with van der Waals surface area (Å²) in [6.45, 7) is 6.23. The maximum Gasteiger partial charge on any atom is 0.266 e. The molecule has 0 fully saturated rings. The van der Waals surface area contributed by atoms with Gasteiger partial charge in [0.25, 0.3) is 5.91 Å². The Labute approximate surface area is 167 Å². The molecule has 0 spiro atoms.